The van der Waals surface area contributed by atoms with Crippen LogP contribution in [0.3, 0.4) is 0 Å². The summed E-state index contributed by atoms with van der Waals surface area (Å²) in [6.45, 7) is 3.15. The second kappa shape index (κ2) is 7.82. The first-order chi connectivity index (χ1) is 12.1. The smallest absolute Gasteiger partial charge is 0.244 e. The standard InChI is InChI=1S/C18H20F2N2O3S/c1-12(14-4-6-15(19)7-5-14)21-18(23)13(2)22(26(3,24)25)17-10-8-16(20)9-11-17/h4-13H,1-3H3,(H,21,23)/t12-,13-/m0/s1. The minimum Gasteiger partial charge on any atom is -0.348 e. The van der Waals surface area contributed by atoms with Crippen LogP contribution in [0, 0.1) is 11.6 Å². The van der Waals surface area contributed by atoms with Crippen LogP contribution in [0.15, 0.2) is 48.5 Å². The van der Waals surface area contributed by atoms with Gasteiger partial charge in [0, 0.05) is 0 Å². The fourth-order valence-electron chi connectivity index (χ4n) is 2.57. The van der Waals surface area contributed by atoms with Crippen molar-refractivity contribution < 1.29 is 22.0 Å². The van der Waals surface area contributed by atoms with Crippen molar-refractivity contribution in [2.45, 2.75) is 25.9 Å². The van der Waals surface area contributed by atoms with Crippen LogP contribution in [0.2, 0.25) is 0 Å². The van der Waals surface area contributed by atoms with E-state index >= 15 is 0 Å². The topological polar surface area (TPSA) is 66.5 Å². The van der Waals surface area contributed by atoms with E-state index in [2.05, 4.69) is 5.32 Å². The van der Waals surface area contributed by atoms with E-state index in [0.29, 0.717) is 5.56 Å². The Kier molecular flexibility index (Phi) is 5.97. The van der Waals surface area contributed by atoms with Gasteiger partial charge in [-0.15, -0.1) is 0 Å². The van der Waals surface area contributed by atoms with Gasteiger partial charge in [0.25, 0.3) is 0 Å². The quantitative estimate of drug-likeness (QED) is 0.835. The molecule has 0 aliphatic heterocycles. The fraction of sp³-hybridized carbons (Fsp3) is 0.278. The highest BCUT2D eigenvalue weighted by Crippen LogP contribution is 2.22. The lowest BCUT2D eigenvalue weighted by Gasteiger charge is -2.29. The van der Waals surface area contributed by atoms with Crippen molar-refractivity contribution in [1.29, 1.82) is 0 Å². The van der Waals surface area contributed by atoms with Crippen LogP contribution < -0.4 is 9.62 Å². The van der Waals surface area contributed by atoms with Gasteiger partial charge in [-0.2, -0.15) is 0 Å². The Labute approximate surface area is 151 Å². The molecule has 0 spiro atoms. The zero-order valence-corrected chi connectivity index (χ0v) is 15.4. The first kappa shape index (κ1) is 19.8. The monoisotopic (exact) mass is 382 g/mol. The van der Waals surface area contributed by atoms with Gasteiger partial charge in [0.1, 0.15) is 17.7 Å². The molecule has 140 valence electrons. The number of rotatable bonds is 6. The van der Waals surface area contributed by atoms with Crippen LogP contribution in [-0.2, 0) is 14.8 Å². The highest BCUT2D eigenvalue weighted by molar-refractivity contribution is 7.92. The predicted molar refractivity (Wildman–Crippen MR) is 96.1 cm³/mol. The highest BCUT2D eigenvalue weighted by Gasteiger charge is 2.29. The van der Waals surface area contributed by atoms with Crippen LogP contribution in [0.1, 0.15) is 25.5 Å². The lowest BCUT2D eigenvalue weighted by Crippen LogP contribution is -2.48. The molecule has 2 rings (SSSR count). The van der Waals surface area contributed by atoms with Crippen LogP contribution >= 0.6 is 0 Å². The zero-order chi connectivity index (χ0) is 19.5. The summed E-state index contributed by atoms with van der Waals surface area (Å²) in [4.78, 5) is 12.6. The molecule has 2 aromatic carbocycles. The maximum Gasteiger partial charge on any atom is 0.244 e. The third-order valence-electron chi connectivity index (χ3n) is 3.90. The zero-order valence-electron chi connectivity index (χ0n) is 14.6. The largest absolute Gasteiger partial charge is 0.348 e. The molecule has 0 saturated carbocycles. The van der Waals surface area contributed by atoms with Crippen molar-refractivity contribution in [1.82, 2.24) is 5.32 Å². The van der Waals surface area contributed by atoms with E-state index in [1.54, 1.807) is 19.1 Å². The molecule has 5 nitrogen and oxygen atoms in total. The lowest BCUT2D eigenvalue weighted by molar-refractivity contribution is -0.122. The number of halogens is 2. The number of benzene rings is 2. The van der Waals surface area contributed by atoms with Crippen molar-refractivity contribution in [3.05, 3.63) is 65.7 Å². The average molecular weight is 382 g/mol. The van der Waals surface area contributed by atoms with Crippen LogP contribution in [0.5, 0.6) is 0 Å². The predicted octanol–water partition coefficient (Wildman–Crippen LogP) is 3.00. The molecule has 0 heterocycles. The van der Waals surface area contributed by atoms with Crippen LogP contribution in [-0.4, -0.2) is 26.6 Å². The summed E-state index contributed by atoms with van der Waals surface area (Å²) in [5.74, 6) is -1.43. The van der Waals surface area contributed by atoms with E-state index in [1.807, 2.05) is 0 Å². The molecule has 1 N–H and O–H groups in total. The van der Waals surface area contributed by atoms with Gasteiger partial charge in [0.15, 0.2) is 0 Å². The Hall–Kier alpha value is -2.48. The molecule has 2 atom stereocenters. The maximum absolute atomic E-state index is 13.1. The molecule has 0 saturated heterocycles. The molecule has 0 fully saturated rings. The normalized spacial score (nSPS) is 13.7. The van der Waals surface area contributed by atoms with Gasteiger partial charge in [-0.1, -0.05) is 12.1 Å². The molecule has 8 heteroatoms. The van der Waals surface area contributed by atoms with Gasteiger partial charge in [-0.05, 0) is 55.8 Å². The molecule has 1 amide bonds. The summed E-state index contributed by atoms with van der Waals surface area (Å²) >= 11 is 0. The Balaban J connectivity index is 2.22. The molecule has 0 unspecified atom stereocenters. The first-order valence-electron chi connectivity index (χ1n) is 7.90. The van der Waals surface area contributed by atoms with E-state index in [1.165, 1.54) is 31.2 Å². The number of anilines is 1. The maximum atomic E-state index is 13.1. The van der Waals surface area contributed by atoms with Gasteiger partial charge >= 0.3 is 0 Å². The lowest BCUT2D eigenvalue weighted by atomic mass is 10.1. The minimum atomic E-state index is -3.78. The number of carbonyl (C=O) groups excluding carboxylic acids is 1. The summed E-state index contributed by atoms with van der Waals surface area (Å²) in [5, 5.41) is 2.71. The first-order valence-corrected chi connectivity index (χ1v) is 9.75. The van der Waals surface area contributed by atoms with E-state index < -0.39 is 33.8 Å². The Morgan fingerprint density at radius 3 is 1.88 bits per heavy atom. The summed E-state index contributed by atoms with van der Waals surface area (Å²) in [7, 11) is -3.78. The second-order valence-corrected chi connectivity index (χ2v) is 7.85. The number of hydrogen-bond donors (Lipinski definition) is 1. The van der Waals surface area contributed by atoms with Crippen molar-refractivity contribution >= 4 is 21.6 Å². The summed E-state index contributed by atoms with van der Waals surface area (Å²) in [6.07, 6.45) is 0.976. The van der Waals surface area contributed by atoms with E-state index in [-0.39, 0.29) is 11.5 Å². The fourth-order valence-corrected chi connectivity index (χ4v) is 3.74. The van der Waals surface area contributed by atoms with Gasteiger partial charge in [-0.25, -0.2) is 17.2 Å². The van der Waals surface area contributed by atoms with Crippen LogP contribution in [0.4, 0.5) is 14.5 Å². The molecule has 26 heavy (non-hydrogen) atoms. The average Bonchev–Trinajstić information content (AvgIpc) is 2.56. The van der Waals surface area contributed by atoms with E-state index in [9.17, 15) is 22.0 Å². The molecule has 0 aliphatic rings. The number of nitrogens with zero attached hydrogens (tertiary/aromatic N) is 1. The molecule has 0 radical (unpaired) electrons. The van der Waals surface area contributed by atoms with Gasteiger partial charge in [0.05, 0.1) is 18.0 Å². The number of amides is 1. The summed E-state index contributed by atoms with van der Waals surface area (Å²) in [6, 6.07) is 8.98. The molecule has 2 aromatic rings. The van der Waals surface area contributed by atoms with E-state index in [4.69, 9.17) is 0 Å². The Bertz CT molecular complexity index is 868. The van der Waals surface area contributed by atoms with Crippen molar-refractivity contribution in [3.8, 4) is 0 Å². The second-order valence-electron chi connectivity index (χ2n) is 5.99. The Morgan fingerprint density at radius 2 is 1.42 bits per heavy atom. The number of nitrogens with one attached hydrogen (secondary N) is 1. The number of sulfonamides is 1. The summed E-state index contributed by atoms with van der Waals surface area (Å²) < 4.78 is 51.4. The number of hydrogen-bond acceptors (Lipinski definition) is 3. The van der Waals surface area contributed by atoms with Crippen molar-refractivity contribution in [3.63, 3.8) is 0 Å². The van der Waals surface area contributed by atoms with Crippen molar-refractivity contribution in [2.24, 2.45) is 0 Å². The molecular weight excluding hydrogens is 362 g/mol. The molecule has 0 bridgehead atoms. The minimum absolute atomic E-state index is 0.186. The highest BCUT2D eigenvalue weighted by atomic mass is 32.2. The number of carbonyl (C=O) groups is 1. The Morgan fingerprint density at radius 1 is 0.962 bits per heavy atom. The van der Waals surface area contributed by atoms with Gasteiger partial charge < -0.3 is 5.32 Å². The third kappa shape index (κ3) is 4.78. The third-order valence-corrected chi connectivity index (χ3v) is 5.14. The van der Waals surface area contributed by atoms with Crippen molar-refractivity contribution in [2.75, 3.05) is 10.6 Å². The van der Waals surface area contributed by atoms with Gasteiger partial charge in [-0.3, -0.25) is 9.10 Å². The van der Waals surface area contributed by atoms with Gasteiger partial charge in [0.2, 0.25) is 15.9 Å². The molecule has 0 aliphatic carbocycles. The SMILES string of the molecule is C[C@H](NC(=O)[C@H](C)N(c1ccc(F)cc1)S(C)(=O)=O)c1ccc(F)cc1. The summed E-state index contributed by atoms with van der Waals surface area (Å²) in [5.41, 5.74) is 0.866. The molecular formula is C18H20F2N2O3S. The molecule has 0 aromatic heterocycles. The van der Waals surface area contributed by atoms with E-state index in [0.717, 1.165) is 22.7 Å². The van der Waals surface area contributed by atoms with Crippen LogP contribution in [0.25, 0.3) is 0 Å².